The van der Waals surface area contributed by atoms with Crippen LogP contribution in [0.2, 0.25) is 0 Å². The van der Waals surface area contributed by atoms with E-state index in [9.17, 15) is 9.59 Å². The third kappa shape index (κ3) is 4.17. The van der Waals surface area contributed by atoms with E-state index < -0.39 is 6.04 Å². The fourth-order valence-electron chi connectivity index (χ4n) is 3.63. The van der Waals surface area contributed by atoms with E-state index in [0.717, 1.165) is 19.4 Å². The van der Waals surface area contributed by atoms with Gasteiger partial charge in [-0.15, -0.1) is 12.4 Å². The van der Waals surface area contributed by atoms with E-state index in [2.05, 4.69) is 24.5 Å². The molecule has 4 N–H and O–H groups in total. The molecule has 1 saturated heterocycles. The minimum absolute atomic E-state index is 0. The van der Waals surface area contributed by atoms with E-state index in [-0.39, 0.29) is 54.2 Å². The predicted molar refractivity (Wildman–Crippen MR) is 91.2 cm³/mol. The molecule has 1 saturated carbocycles. The molecule has 0 spiro atoms. The van der Waals surface area contributed by atoms with Crippen LogP contribution in [0.4, 0.5) is 0 Å². The summed E-state index contributed by atoms with van der Waals surface area (Å²) >= 11 is 0. The Hall–Kier alpha value is -0.850. The standard InChI is InChI=1S/C16H29N3O3.ClH/c1-9(2)12(17)15(21)18-8-11(20)19-13-10-6-5-7-22-14(10)16(13,3)4;/h9-10,12-14H,5-8,17H2,1-4H3,(H,18,21)(H,19,20);1H/t10?,12-,13?,14?;/m0./s1. The van der Waals surface area contributed by atoms with Crippen molar-refractivity contribution in [2.75, 3.05) is 13.2 Å². The lowest BCUT2D eigenvalue weighted by molar-refractivity contribution is -0.193. The van der Waals surface area contributed by atoms with E-state index >= 15 is 0 Å². The van der Waals surface area contributed by atoms with Gasteiger partial charge >= 0.3 is 0 Å². The Kier molecular flexibility index (Phi) is 6.86. The molecule has 1 aliphatic carbocycles. The normalized spacial score (nSPS) is 29.6. The summed E-state index contributed by atoms with van der Waals surface area (Å²) in [5.74, 6) is -0.00149. The van der Waals surface area contributed by atoms with E-state index in [1.165, 1.54) is 0 Å². The zero-order valence-electron chi connectivity index (χ0n) is 14.4. The fourth-order valence-corrected chi connectivity index (χ4v) is 3.63. The van der Waals surface area contributed by atoms with Crippen LogP contribution >= 0.6 is 12.4 Å². The molecule has 6 nitrogen and oxygen atoms in total. The highest BCUT2D eigenvalue weighted by atomic mass is 35.5. The van der Waals surface area contributed by atoms with Gasteiger partial charge in [0, 0.05) is 24.0 Å². The summed E-state index contributed by atoms with van der Waals surface area (Å²) in [5.41, 5.74) is 5.70. The Balaban J connectivity index is 0.00000264. The Morgan fingerprint density at radius 3 is 2.61 bits per heavy atom. The van der Waals surface area contributed by atoms with Crippen molar-refractivity contribution in [2.45, 2.75) is 58.7 Å². The van der Waals surface area contributed by atoms with Crippen LogP contribution in [0.25, 0.3) is 0 Å². The third-order valence-corrected chi connectivity index (χ3v) is 5.09. The second-order valence-corrected chi connectivity index (χ2v) is 7.45. The second kappa shape index (κ2) is 7.81. The van der Waals surface area contributed by atoms with Crippen molar-refractivity contribution in [3.05, 3.63) is 0 Å². The van der Waals surface area contributed by atoms with Crippen molar-refractivity contribution in [3.63, 3.8) is 0 Å². The first-order valence-corrected chi connectivity index (χ1v) is 8.19. The second-order valence-electron chi connectivity index (χ2n) is 7.45. The molecule has 0 aromatic rings. The van der Waals surface area contributed by atoms with Gasteiger partial charge in [0.1, 0.15) is 0 Å². The number of fused-ring (bicyclic) bond motifs is 1. The van der Waals surface area contributed by atoms with Crippen molar-refractivity contribution in [1.29, 1.82) is 0 Å². The third-order valence-electron chi connectivity index (χ3n) is 5.09. The van der Waals surface area contributed by atoms with Gasteiger partial charge in [-0.1, -0.05) is 27.7 Å². The van der Waals surface area contributed by atoms with Crippen LogP contribution in [0.15, 0.2) is 0 Å². The van der Waals surface area contributed by atoms with E-state index in [0.29, 0.717) is 5.92 Å². The molecule has 4 atom stereocenters. The molecular weight excluding hydrogens is 318 g/mol. The van der Waals surface area contributed by atoms with Crippen LogP contribution in [0.1, 0.15) is 40.5 Å². The predicted octanol–water partition coefficient (Wildman–Crippen LogP) is 0.828. The van der Waals surface area contributed by atoms with Gasteiger partial charge in [0.15, 0.2) is 0 Å². The Labute approximate surface area is 144 Å². The Morgan fingerprint density at radius 2 is 2.00 bits per heavy atom. The molecule has 2 rings (SSSR count). The molecule has 0 radical (unpaired) electrons. The average molecular weight is 348 g/mol. The Morgan fingerprint density at radius 1 is 1.35 bits per heavy atom. The Bertz CT molecular complexity index is 442. The number of hydrogen-bond acceptors (Lipinski definition) is 4. The largest absolute Gasteiger partial charge is 0.377 e. The van der Waals surface area contributed by atoms with Gasteiger partial charge in [-0.3, -0.25) is 9.59 Å². The molecule has 2 fully saturated rings. The molecule has 0 bridgehead atoms. The number of halogens is 1. The summed E-state index contributed by atoms with van der Waals surface area (Å²) < 4.78 is 5.82. The molecule has 2 aliphatic rings. The highest BCUT2D eigenvalue weighted by Crippen LogP contribution is 2.51. The summed E-state index contributed by atoms with van der Waals surface area (Å²) in [6.07, 6.45) is 2.36. The molecule has 0 aromatic carbocycles. The summed E-state index contributed by atoms with van der Waals surface area (Å²) in [6, 6.07) is -0.468. The molecule has 0 aromatic heterocycles. The van der Waals surface area contributed by atoms with Gasteiger partial charge in [-0.2, -0.15) is 0 Å². The highest BCUT2D eigenvalue weighted by molar-refractivity contribution is 5.87. The van der Waals surface area contributed by atoms with E-state index in [1.54, 1.807) is 0 Å². The molecule has 134 valence electrons. The summed E-state index contributed by atoms with van der Waals surface area (Å²) in [4.78, 5) is 23.9. The topological polar surface area (TPSA) is 93.5 Å². The number of amides is 2. The van der Waals surface area contributed by atoms with Crippen LogP contribution in [-0.2, 0) is 14.3 Å². The van der Waals surface area contributed by atoms with Crippen LogP contribution in [0.5, 0.6) is 0 Å². The molecular formula is C16H30ClN3O3. The molecule has 1 heterocycles. The van der Waals surface area contributed by atoms with Gasteiger partial charge in [0.25, 0.3) is 0 Å². The molecule has 23 heavy (non-hydrogen) atoms. The number of nitrogens with one attached hydrogen (secondary N) is 2. The summed E-state index contributed by atoms with van der Waals surface area (Å²) in [5, 5.41) is 5.66. The van der Waals surface area contributed by atoms with Crippen molar-refractivity contribution in [2.24, 2.45) is 23.0 Å². The first kappa shape index (κ1) is 20.2. The number of nitrogens with two attached hydrogens (primary N) is 1. The van der Waals surface area contributed by atoms with Gasteiger partial charge < -0.3 is 21.1 Å². The molecule has 1 aliphatic heterocycles. The van der Waals surface area contributed by atoms with Crippen molar-refractivity contribution >= 4 is 24.2 Å². The number of carbonyl (C=O) groups excluding carboxylic acids is 2. The van der Waals surface area contributed by atoms with Crippen LogP contribution in [-0.4, -0.2) is 43.2 Å². The SMILES string of the molecule is CC(C)[C@H](N)C(=O)NCC(=O)NC1C2CCCOC2C1(C)C.Cl. The summed E-state index contributed by atoms with van der Waals surface area (Å²) in [6.45, 7) is 8.79. The maximum absolute atomic E-state index is 12.1. The number of rotatable bonds is 5. The molecule has 3 unspecified atom stereocenters. The number of ether oxygens (including phenoxy) is 1. The molecule has 7 heteroatoms. The van der Waals surface area contributed by atoms with Crippen molar-refractivity contribution in [1.82, 2.24) is 10.6 Å². The number of carbonyl (C=O) groups is 2. The lowest BCUT2D eigenvalue weighted by atomic mass is 9.55. The number of hydrogen-bond donors (Lipinski definition) is 3. The van der Waals surface area contributed by atoms with Gasteiger partial charge in [0.2, 0.25) is 11.8 Å². The zero-order valence-corrected chi connectivity index (χ0v) is 15.2. The first-order chi connectivity index (χ1) is 10.2. The molecule has 2 amide bonds. The lowest BCUT2D eigenvalue weighted by Gasteiger charge is -2.59. The van der Waals surface area contributed by atoms with Gasteiger partial charge in [-0.05, 0) is 18.8 Å². The minimum atomic E-state index is -0.580. The van der Waals surface area contributed by atoms with Crippen LogP contribution in [0.3, 0.4) is 0 Å². The van der Waals surface area contributed by atoms with E-state index in [1.807, 2.05) is 13.8 Å². The van der Waals surface area contributed by atoms with Gasteiger partial charge in [-0.25, -0.2) is 0 Å². The first-order valence-electron chi connectivity index (χ1n) is 8.19. The highest BCUT2D eigenvalue weighted by Gasteiger charge is 2.58. The monoisotopic (exact) mass is 347 g/mol. The maximum Gasteiger partial charge on any atom is 0.239 e. The van der Waals surface area contributed by atoms with Crippen LogP contribution < -0.4 is 16.4 Å². The lowest BCUT2D eigenvalue weighted by Crippen LogP contribution is -2.70. The van der Waals surface area contributed by atoms with Crippen molar-refractivity contribution < 1.29 is 14.3 Å². The smallest absolute Gasteiger partial charge is 0.239 e. The summed E-state index contributed by atoms with van der Waals surface area (Å²) in [7, 11) is 0. The maximum atomic E-state index is 12.1. The van der Waals surface area contributed by atoms with Crippen LogP contribution in [0, 0.1) is 17.3 Å². The quantitative estimate of drug-likeness (QED) is 0.686. The average Bonchev–Trinajstić information content (AvgIpc) is 2.49. The fraction of sp³-hybridized carbons (Fsp3) is 0.875. The van der Waals surface area contributed by atoms with Gasteiger partial charge in [0.05, 0.1) is 18.7 Å². The van der Waals surface area contributed by atoms with Crippen molar-refractivity contribution in [3.8, 4) is 0 Å². The minimum Gasteiger partial charge on any atom is -0.377 e. The zero-order chi connectivity index (χ0) is 16.5. The van der Waals surface area contributed by atoms with E-state index in [4.69, 9.17) is 10.5 Å².